The van der Waals surface area contributed by atoms with Gasteiger partial charge in [-0.05, 0) is 12.1 Å². The highest BCUT2D eigenvalue weighted by Gasteiger charge is 2.17. The first-order valence-electron chi connectivity index (χ1n) is 6.88. The minimum absolute atomic E-state index is 0.160. The van der Waals surface area contributed by atoms with Crippen LogP contribution in [0.2, 0.25) is 0 Å². The van der Waals surface area contributed by atoms with Gasteiger partial charge in [0.2, 0.25) is 5.65 Å². The molecular weight excluding hydrogens is 276 g/mol. The zero-order valence-corrected chi connectivity index (χ0v) is 11.6. The van der Waals surface area contributed by atoms with E-state index in [0.29, 0.717) is 16.9 Å². The minimum Gasteiger partial charge on any atom is -0.506 e. The van der Waals surface area contributed by atoms with Crippen LogP contribution in [0.25, 0.3) is 28.1 Å². The zero-order chi connectivity index (χ0) is 14.9. The van der Waals surface area contributed by atoms with Gasteiger partial charge in [-0.2, -0.15) is 0 Å². The monoisotopic (exact) mass is 288 g/mol. The summed E-state index contributed by atoms with van der Waals surface area (Å²) in [5, 5.41) is 14.7. The van der Waals surface area contributed by atoms with E-state index in [0.717, 1.165) is 11.3 Å². The van der Waals surface area contributed by atoms with E-state index < -0.39 is 0 Å². The Bertz CT molecular complexity index is 947. The molecule has 0 aliphatic heterocycles. The molecule has 0 aliphatic rings. The summed E-state index contributed by atoms with van der Waals surface area (Å²) in [6.45, 7) is 0. The van der Waals surface area contributed by atoms with E-state index in [1.165, 1.54) is 0 Å². The smallest absolute Gasteiger partial charge is 0.200 e. The van der Waals surface area contributed by atoms with Crippen molar-refractivity contribution >= 4 is 11.2 Å². The molecule has 2 heterocycles. The molecule has 0 fully saturated rings. The van der Waals surface area contributed by atoms with E-state index in [9.17, 15) is 5.11 Å². The van der Waals surface area contributed by atoms with Gasteiger partial charge in [-0.25, -0.2) is 14.6 Å². The van der Waals surface area contributed by atoms with Gasteiger partial charge in [0.25, 0.3) is 0 Å². The fourth-order valence-electron chi connectivity index (χ4n) is 2.49. The molecule has 22 heavy (non-hydrogen) atoms. The van der Waals surface area contributed by atoms with Crippen LogP contribution in [0.4, 0.5) is 0 Å². The Morgan fingerprint density at radius 1 is 0.818 bits per heavy atom. The quantitative estimate of drug-likeness (QED) is 0.615. The average molecular weight is 288 g/mol. The summed E-state index contributed by atoms with van der Waals surface area (Å²) >= 11 is 0. The molecule has 2 aromatic carbocycles. The van der Waals surface area contributed by atoms with Crippen molar-refractivity contribution < 1.29 is 5.11 Å². The van der Waals surface area contributed by atoms with Crippen LogP contribution in [-0.4, -0.2) is 24.9 Å². The second-order valence-electron chi connectivity index (χ2n) is 4.84. The maximum Gasteiger partial charge on any atom is 0.200 e. The third kappa shape index (κ3) is 1.91. The summed E-state index contributed by atoms with van der Waals surface area (Å²) in [6, 6.07) is 16.9. The van der Waals surface area contributed by atoms with Crippen molar-refractivity contribution in [2.45, 2.75) is 0 Å². The molecule has 0 spiro atoms. The first kappa shape index (κ1) is 12.5. The highest BCUT2D eigenvalue weighted by atomic mass is 16.3. The van der Waals surface area contributed by atoms with Crippen LogP contribution in [0, 0.1) is 0 Å². The molecule has 4 aromatic rings. The number of nitrogens with zero attached hydrogens (tertiary/aromatic N) is 4. The zero-order valence-electron chi connectivity index (χ0n) is 11.6. The minimum atomic E-state index is 0.160. The molecule has 0 unspecified atom stereocenters. The van der Waals surface area contributed by atoms with Gasteiger partial charge in [-0.15, -0.1) is 5.10 Å². The van der Waals surface area contributed by atoms with E-state index in [1.807, 2.05) is 42.5 Å². The van der Waals surface area contributed by atoms with Gasteiger partial charge in [0, 0.05) is 18.0 Å². The second kappa shape index (κ2) is 4.96. The summed E-state index contributed by atoms with van der Waals surface area (Å²) in [5.41, 5.74) is 3.63. The van der Waals surface area contributed by atoms with Gasteiger partial charge in [0.1, 0.15) is 22.6 Å². The van der Waals surface area contributed by atoms with Gasteiger partial charge in [0.15, 0.2) is 0 Å². The van der Waals surface area contributed by atoms with Gasteiger partial charge in [-0.3, -0.25) is 0 Å². The Morgan fingerprint density at radius 2 is 1.55 bits per heavy atom. The number of aromatic nitrogens is 4. The summed E-state index contributed by atoms with van der Waals surface area (Å²) < 4.78 is 1.69. The lowest BCUT2D eigenvalue weighted by Gasteiger charge is -2.09. The molecule has 0 aliphatic carbocycles. The van der Waals surface area contributed by atoms with Gasteiger partial charge in [0.05, 0.1) is 0 Å². The van der Waals surface area contributed by atoms with Crippen molar-refractivity contribution in [3.63, 3.8) is 0 Å². The highest BCUT2D eigenvalue weighted by molar-refractivity contribution is 5.88. The van der Waals surface area contributed by atoms with Crippen molar-refractivity contribution in [1.82, 2.24) is 19.7 Å². The Morgan fingerprint density at radius 3 is 2.36 bits per heavy atom. The number of hydrogen-bond acceptors (Lipinski definition) is 4. The summed E-state index contributed by atoms with van der Waals surface area (Å²) in [5.74, 6) is 0.160. The molecular formula is C17H12N4O. The van der Waals surface area contributed by atoms with Gasteiger partial charge < -0.3 is 5.11 Å². The predicted octanol–water partition coefficient (Wildman–Crippen LogP) is 3.19. The molecule has 4 rings (SSSR count). The van der Waals surface area contributed by atoms with E-state index >= 15 is 0 Å². The Kier molecular flexibility index (Phi) is 2.83. The van der Waals surface area contributed by atoms with Crippen molar-refractivity contribution in [3.8, 4) is 22.7 Å². The van der Waals surface area contributed by atoms with Crippen molar-refractivity contribution in [2.75, 3.05) is 0 Å². The number of rotatable bonds is 2. The molecule has 0 atom stereocenters. The molecule has 0 radical (unpaired) electrons. The van der Waals surface area contributed by atoms with Crippen LogP contribution in [0.15, 0.2) is 67.0 Å². The molecule has 5 nitrogen and oxygen atoms in total. The van der Waals surface area contributed by atoms with Crippen LogP contribution in [-0.2, 0) is 0 Å². The van der Waals surface area contributed by atoms with Crippen molar-refractivity contribution in [2.24, 2.45) is 0 Å². The molecule has 0 bridgehead atoms. The SMILES string of the molecule is Oc1ccccc1-n1nc2nccnc2c1-c1ccccc1. The molecule has 5 heteroatoms. The fraction of sp³-hybridized carbons (Fsp3) is 0. The third-order valence-electron chi connectivity index (χ3n) is 3.47. The lowest BCUT2D eigenvalue weighted by Crippen LogP contribution is -1.99. The van der Waals surface area contributed by atoms with Gasteiger partial charge in [-0.1, -0.05) is 42.5 Å². The van der Waals surface area contributed by atoms with Crippen LogP contribution in [0.1, 0.15) is 0 Å². The number of aromatic hydroxyl groups is 1. The second-order valence-corrected chi connectivity index (χ2v) is 4.84. The lowest BCUT2D eigenvalue weighted by molar-refractivity contribution is 0.471. The fourth-order valence-corrected chi connectivity index (χ4v) is 2.49. The largest absolute Gasteiger partial charge is 0.506 e. The number of para-hydroxylation sites is 2. The highest BCUT2D eigenvalue weighted by Crippen LogP contribution is 2.31. The van der Waals surface area contributed by atoms with Crippen molar-refractivity contribution in [1.29, 1.82) is 0 Å². The van der Waals surface area contributed by atoms with Crippen LogP contribution in [0.3, 0.4) is 0 Å². The van der Waals surface area contributed by atoms with Crippen LogP contribution >= 0.6 is 0 Å². The third-order valence-corrected chi connectivity index (χ3v) is 3.47. The molecule has 106 valence electrons. The number of phenolic OH excluding ortho intramolecular Hbond substituents is 1. The molecule has 0 saturated heterocycles. The Labute approximate surface area is 126 Å². The number of benzene rings is 2. The first-order valence-corrected chi connectivity index (χ1v) is 6.88. The van der Waals surface area contributed by atoms with Crippen molar-refractivity contribution in [3.05, 3.63) is 67.0 Å². The summed E-state index contributed by atoms with van der Waals surface area (Å²) in [6.07, 6.45) is 3.25. The van der Waals surface area contributed by atoms with Gasteiger partial charge >= 0.3 is 0 Å². The molecule has 0 saturated carbocycles. The maximum absolute atomic E-state index is 10.2. The van der Waals surface area contributed by atoms with E-state index in [1.54, 1.807) is 29.2 Å². The Balaban J connectivity index is 2.09. The van der Waals surface area contributed by atoms with E-state index in [4.69, 9.17) is 0 Å². The van der Waals surface area contributed by atoms with E-state index in [2.05, 4.69) is 15.1 Å². The lowest BCUT2D eigenvalue weighted by atomic mass is 10.1. The van der Waals surface area contributed by atoms with Crippen LogP contribution < -0.4 is 0 Å². The standard InChI is InChI=1S/C17H12N4O/c22-14-9-5-4-8-13(14)21-16(12-6-2-1-3-7-12)15-17(20-21)19-11-10-18-15/h1-11,22H. The average Bonchev–Trinajstić information content (AvgIpc) is 2.95. The predicted molar refractivity (Wildman–Crippen MR) is 83.8 cm³/mol. The van der Waals surface area contributed by atoms with E-state index in [-0.39, 0.29) is 5.75 Å². The number of phenols is 1. The Hall–Kier alpha value is -3.21. The molecule has 0 amide bonds. The first-order chi connectivity index (χ1) is 10.8. The molecule has 1 N–H and O–H groups in total. The normalized spacial score (nSPS) is 10.9. The summed E-state index contributed by atoms with van der Waals surface area (Å²) in [7, 11) is 0. The number of fused-ring (bicyclic) bond motifs is 1. The maximum atomic E-state index is 10.2. The summed E-state index contributed by atoms with van der Waals surface area (Å²) in [4.78, 5) is 8.67. The molecule has 2 aromatic heterocycles. The van der Waals surface area contributed by atoms with Crippen LogP contribution in [0.5, 0.6) is 5.75 Å². The topological polar surface area (TPSA) is 63.8 Å². The number of hydrogen-bond donors (Lipinski definition) is 1.